The summed E-state index contributed by atoms with van der Waals surface area (Å²) in [5.41, 5.74) is 1.03. The normalized spacial score (nSPS) is 31.8. The number of hydrogen-bond donors (Lipinski definition) is 1. The lowest BCUT2D eigenvalue weighted by Crippen LogP contribution is -2.52. The molecule has 4 heteroatoms. The number of rotatable bonds is 3. The molecular formula is C12H21N3O. The van der Waals surface area contributed by atoms with E-state index in [4.69, 9.17) is 4.52 Å². The molecule has 1 saturated heterocycles. The van der Waals surface area contributed by atoms with Gasteiger partial charge in [0.25, 0.3) is 0 Å². The summed E-state index contributed by atoms with van der Waals surface area (Å²) in [4.78, 5) is 2.48. The number of piperidine rings is 1. The van der Waals surface area contributed by atoms with Crippen molar-refractivity contribution < 1.29 is 4.52 Å². The van der Waals surface area contributed by atoms with Gasteiger partial charge in [0.2, 0.25) is 0 Å². The summed E-state index contributed by atoms with van der Waals surface area (Å²) < 4.78 is 4.87. The van der Waals surface area contributed by atoms with Crippen LogP contribution in [0.4, 0.5) is 0 Å². The molecule has 0 bridgehead atoms. The van der Waals surface area contributed by atoms with E-state index in [9.17, 15) is 0 Å². The first-order chi connectivity index (χ1) is 7.72. The third kappa shape index (κ3) is 2.28. The highest BCUT2D eigenvalue weighted by atomic mass is 16.5. The maximum atomic E-state index is 4.87. The molecule has 3 unspecified atom stereocenters. The summed E-state index contributed by atoms with van der Waals surface area (Å²) in [6.07, 6.45) is 2.85. The number of aromatic nitrogens is 1. The summed E-state index contributed by atoms with van der Waals surface area (Å²) in [5, 5.41) is 7.38. The Labute approximate surface area is 97.0 Å². The van der Waals surface area contributed by atoms with Crippen molar-refractivity contribution in [1.82, 2.24) is 15.4 Å². The zero-order valence-corrected chi connectivity index (χ0v) is 10.3. The summed E-state index contributed by atoms with van der Waals surface area (Å²) in [6.45, 7) is 6.65. The van der Waals surface area contributed by atoms with Gasteiger partial charge in [-0.1, -0.05) is 12.1 Å². The van der Waals surface area contributed by atoms with Crippen molar-refractivity contribution in [3.8, 4) is 0 Å². The lowest BCUT2D eigenvalue weighted by atomic mass is 9.87. The van der Waals surface area contributed by atoms with Gasteiger partial charge >= 0.3 is 0 Å². The summed E-state index contributed by atoms with van der Waals surface area (Å²) in [5.74, 6) is 0.672. The monoisotopic (exact) mass is 223 g/mol. The molecule has 0 spiro atoms. The van der Waals surface area contributed by atoms with Crippen LogP contribution in [0.25, 0.3) is 0 Å². The molecule has 4 nitrogen and oxygen atoms in total. The Morgan fingerprint density at radius 2 is 2.38 bits per heavy atom. The highest BCUT2D eigenvalue weighted by Crippen LogP contribution is 2.24. The van der Waals surface area contributed by atoms with E-state index in [0.717, 1.165) is 18.8 Å². The van der Waals surface area contributed by atoms with Crippen LogP contribution in [0.15, 0.2) is 16.9 Å². The highest BCUT2D eigenvalue weighted by Gasteiger charge is 2.31. The Morgan fingerprint density at radius 3 is 3.00 bits per heavy atom. The minimum Gasteiger partial charge on any atom is -0.364 e. The van der Waals surface area contributed by atoms with Crippen molar-refractivity contribution in [2.24, 2.45) is 5.92 Å². The van der Waals surface area contributed by atoms with E-state index >= 15 is 0 Å². The Kier molecular flexibility index (Phi) is 3.61. The summed E-state index contributed by atoms with van der Waals surface area (Å²) in [6, 6.07) is 3.17. The number of nitrogens with one attached hydrogen (secondary N) is 1. The van der Waals surface area contributed by atoms with Crippen molar-refractivity contribution in [3.05, 3.63) is 18.0 Å². The maximum Gasteiger partial charge on any atom is 0.124 e. The minimum atomic E-state index is 0.586. The van der Waals surface area contributed by atoms with Crippen molar-refractivity contribution in [2.75, 3.05) is 13.6 Å². The van der Waals surface area contributed by atoms with Crippen molar-refractivity contribution in [3.63, 3.8) is 0 Å². The van der Waals surface area contributed by atoms with Crippen molar-refractivity contribution >= 4 is 0 Å². The molecule has 0 aliphatic carbocycles. The lowest BCUT2D eigenvalue weighted by Gasteiger charge is -2.42. The number of likely N-dealkylation sites (tertiary alicyclic amines) is 1. The zero-order chi connectivity index (χ0) is 11.5. The van der Waals surface area contributed by atoms with Gasteiger partial charge in [0.1, 0.15) is 6.26 Å². The molecule has 16 heavy (non-hydrogen) atoms. The molecule has 2 heterocycles. The largest absolute Gasteiger partial charge is 0.364 e. The molecule has 1 fully saturated rings. The summed E-state index contributed by atoms with van der Waals surface area (Å²) in [7, 11) is 2.06. The molecule has 0 aromatic carbocycles. The number of hydrogen-bond acceptors (Lipinski definition) is 4. The van der Waals surface area contributed by atoms with Gasteiger partial charge in [-0.2, -0.15) is 0 Å². The smallest absolute Gasteiger partial charge is 0.124 e. The van der Waals surface area contributed by atoms with Gasteiger partial charge < -0.3 is 9.84 Å². The third-order valence-electron chi connectivity index (χ3n) is 3.93. The Hall–Kier alpha value is -0.870. The van der Waals surface area contributed by atoms with Crippen LogP contribution in [-0.4, -0.2) is 35.7 Å². The fraction of sp³-hybridized carbons (Fsp3) is 0.750. The van der Waals surface area contributed by atoms with Crippen LogP contribution in [0.2, 0.25) is 0 Å². The van der Waals surface area contributed by atoms with Crippen LogP contribution in [0.3, 0.4) is 0 Å². The van der Waals surface area contributed by atoms with E-state index in [1.165, 1.54) is 6.42 Å². The third-order valence-corrected chi connectivity index (χ3v) is 3.93. The predicted molar refractivity (Wildman–Crippen MR) is 63.0 cm³/mol. The first-order valence-electron chi connectivity index (χ1n) is 6.03. The van der Waals surface area contributed by atoms with Crippen molar-refractivity contribution in [2.45, 2.75) is 38.9 Å². The molecule has 3 atom stereocenters. The first kappa shape index (κ1) is 11.6. The molecule has 1 aliphatic rings. The molecule has 0 saturated carbocycles. The van der Waals surface area contributed by atoms with Gasteiger partial charge in [0.15, 0.2) is 0 Å². The SMILES string of the molecule is CNC1CCN(Cc2ccon2)C(C)C1C. The Balaban J connectivity index is 1.97. The molecule has 2 rings (SSSR count). The summed E-state index contributed by atoms with van der Waals surface area (Å²) >= 11 is 0. The average Bonchev–Trinajstić information content (AvgIpc) is 2.78. The average molecular weight is 223 g/mol. The maximum absolute atomic E-state index is 4.87. The van der Waals surface area contributed by atoms with E-state index in [2.05, 4.69) is 36.3 Å². The van der Waals surface area contributed by atoms with Gasteiger partial charge in [-0.15, -0.1) is 0 Å². The van der Waals surface area contributed by atoms with Crippen molar-refractivity contribution in [1.29, 1.82) is 0 Å². The lowest BCUT2D eigenvalue weighted by molar-refractivity contribution is 0.0790. The fourth-order valence-electron chi connectivity index (χ4n) is 2.60. The van der Waals surface area contributed by atoms with E-state index in [1.54, 1.807) is 6.26 Å². The molecule has 0 radical (unpaired) electrons. The van der Waals surface area contributed by atoms with Gasteiger partial charge in [0.05, 0.1) is 5.69 Å². The second-order valence-electron chi connectivity index (χ2n) is 4.74. The standard InChI is InChI=1S/C12H21N3O/c1-9-10(2)15(6-4-12(9)13-3)8-11-5-7-16-14-11/h5,7,9-10,12-13H,4,6,8H2,1-3H3. The molecule has 1 aliphatic heterocycles. The van der Waals surface area contributed by atoms with Gasteiger partial charge in [-0.05, 0) is 26.3 Å². The Morgan fingerprint density at radius 1 is 1.56 bits per heavy atom. The fourth-order valence-corrected chi connectivity index (χ4v) is 2.60. The van der Waals surface area contributed by atoms with Crippen LogP contribution >= 0.6 is 0 Å². The first-order valence-corrected chi connectivity index (χ1v) is 6.03. The van der Waals surface area contributed by atoms with Crippen LogP contribution in [0, 0.1) is 5.92 Å². The molecular weight excluding hydrogens is 202 g/mol. The Bertz CT molecular complexity index is 312. The number of nitrogens with zero attached hydrogens (tertiary/aromatic N) is 2. The van der Waals surface area contributed by atoms with Crippen LogP contribution in [0.5, 0.6) is 0 Å². The van der Waals surface area contributed by atoms with E-state index < -0.39 is 0 Å². The molecule has 1 aromatic heterocycles. The molecule has 90 valence electrons. The molecule has 1 N–H and O–H groups in total. The van der Waals surface area contributed by atoms with E-state index in [1.807, 2.05) is 6.07 Å². The second-order valence-corrected chi connectivity index (χ2v) is 4.74. The van der Waals surface area contributed by atoms with Gasteiger partial charge in [-0.25, -0.2) is 0 Å². The quantitative estimate of drug-likeness (QED) is 0.843. The minimum absolute atomic E-state index is 0.586. The van der Waals surface area contributed by atoms with E-state index in [0.29, 0.717) is 18.0 Å². The van der Waals surface area contributed by atoms with Crippen LogP contribution in [-0.2, 0) is 6.54 Å². The van der Waals surface area contributed by atoms with E-state index in [-0.39, 0.29) is 0 Å². The van der Waals surface area contributed by atoms with Gasteiger partial charge in [-0.3, -0.25) is 4.90 Å². The topological polar surface area (TPSA) is 41.3 Å². The molecule has 1 aromatic rings. The second kappa shape index (κ2) is 4.97. The predicted octanol–water partition coefficient (Wildman–Crippen LogP) is 1.49. The zero-order valence-electron chi connectivity index (χ0n) is 10.3. The highest BCUT2D eigenvalue weighted by molar-refractivity contribution is 4.97. The molecule has 0 amide bonds. The van der Waals surface area contributed by atoms with Crippen LogP contribution in [0.1, 0.15) is 26.0 Å². The van der Waals surface area contributed by atoms with Gasteiger partial charge in [0, 0.05) is 31.2 Å². The van der Waals surface area contributed by atoms with Crippen LogP contribution < -0.4 is 5.32 Å².